The highest BCUT2D eigenvalue weighted by molar-refractivity contribution is 6.04. The lowest BCUT2D eigenvalue weighted by atomic mass is 10.1. The van der Waals surface area contributed by atoms with E-state index in [2.05, 4.69) is 15.5 Å². The zero-order valence-electron chi connectivity index (χ0n) is 9.10. The van der Waals surface area contributed by atoms with Gasteiger partial charge < -0.3 is 10.4 Å². The van der Waals surface area contributed by atoms with Gasteiger partial charge in [0.2, 0.25) is 5.91 Å². The minimum Gasteiger partial charge on any atom is -0.481 e. The third-order valence-electron chi connectivity index (χ3n) is 2.47. The van der Waals surface area contributed by atoms with Crippen LogP contribution in [0.15, 0.2) is 24.4 Å². The zero-order chi connectivity index (χ0) is 12.4. The number of nitrogens with zero attached hydrogens (tertiary/aromatic N) is 1. The number of fused-ring (bicyclic) bond motifs is 1. The summed E-state index contributed by atoms with van der Waals surface area (Å²) in [6, 6.07) is 5.18. The van der Waals surface area contributed by atoms with Crippen molar-refractivity contribution >= 4 is 28.5 Å². The Balaban J connectivity index is 2.18. The molecule has 1 aromatic heterocycles. The molecule has 1 unspecified atom stereocenters. The summed E-state index contributed by atoms with van der Waals surface area (Å²) in [5.74, 6) is -2.76. The van der Waals surface area contributed by atoms with Crippen molar-refractivity contribution in [3.63, 3.8) is 0 Å². The summed E-state index contributed by atoms with van der Waals surface area (Å²) in [5, 5.41) is 18.7. The van der Waals surface area contributed by atoms with Crippen LogP contribution >= 0.6 is 0 Å². The maximum atomic E-state index is 11.5. The molecule has 0 aliphatic heterocycles. The van der Waals surface area contributed by atoms with E-state index >= 15 is 0 Å². The van der Waals surface area contributed by atoms with Crippen LogP contribution in [0.2, 0.25) is 0 Å². The van der Waals surface area contributed by atoms with Gasteiger partial charge in [0.15, 0.2) is 0 Å². The Kier molecular flexibility index (Phi) is 2.78. The molecule has 88 valence electrons. The van der Waals surface area contributed by atoms with Crippen molar-refractivity contribution in [3.05, 3.63) is 24.4 Å². The van der Waals surface area contributed by atoms with Gasteiger partial charge in [-0.15, -0.1) is 0 Å². The summed E-state index contributed by atoms with van der Waals surface area (Å²) < 4.78 is 0. The van der Waals surface area contributed by atoms with Gasteiger partial charge in [0.1, 0.15) is 5.92 Å². The van der Waals surface area contributed by atoms with Crippen molar-refractivity contribution in [3.8, 4) is 0 Å². The number of amides is 1. The molecule has 0 bridgehead atoms. The van der Waals surface area contributed by atoms with Gasteiger partial charge >= 0.3 is 5.97 Å². The molecule has 1 atom stereocenters. The number of carboxylic acids is 1. The van der Waals surface area contributed by atoms with E-state index in [1.54, 1.807) is 24.4 Å². The minimum absolute atomic E-state index is 0.541. The van der Waals surface area contributed by atoms with Gasteiger partial charge in [0, 0.05) is 11.1 Å². The quantitative estimate of drug-likeness (QED) is 0.694. The monoisotopic (exact) mass is 233 g/mol. The van der Waals surface area contributed by atoms with Gasteiger partial charge in [-0.2, -0.15) is 5.10 Å². The Morgan fingerprint density at radius 1 is 1.47 bits per heavy atom. The SMILES string of the molecule is CC(C(=O)O)C(=O)Nc1ccc2[nH]ncc2c1. The fourth-order valence-corrected chi connectivity index (χ4v) is 1.38. The second-order valence-electron chi connectivity index (χ2n) is 3.72. The number of anilines is 1. The molecular formula is C11H11N3O3. The number of aromatic nitrogens is 2. The molecule has 0 spiro atoms. The van der Waals surface area contributed by atoms with Crippen LogP contribution in [0.3, 0.4) is 0 Å². The number of H-pyrrole nitrogens is 1. The first-order valence-corrected chi connectivity index (χ1v) is 5.05. The van der Waals surface area contributed by atoms with Crippen molar-refractivity contribution in [1.29, 1.82) is 0 Å². The van der Waals surface area contributed by atoms with Crippen LogP contribution in [0.4, 0.5) is 5.69 Å². The largest absolute Gasteiger partial charge is 0.481 e. The second-order valence-corrected chi connectivity index (χ2v) is 3.72. The first-order valence-electron chi connectivity index (χ1n) is 5.05. The van der Waals surface area contributed by atoms with Crippen LogP contribution in [0.1, 0.15) is 6.92 Å². The van der Waals surface area contributed by atoms with Crippen LogP contribution < -0.4 is 5.32 Å². The Morgan fingerprint density at radius 2 is 2.24 bits per heavy atom. The molecule has 3 N–H and O–H groups in total. The molecule has 1 amide bonds. The maximum Gasteiger partial charge on any atom is 0.315 e. The van der Waals surface area contributed by atoms with Crippen molar-refractivity contribution in [2.45, 2.75) is 6.92 Å². The van der Waals surface area contributed by atoms with E-state index in [0.29, 0.717) is 5.69 Å². The lowest BCUT2D eigenvalue weighted by molar-refractivity contribution is -0.144. The smallest absolute Gasteiger partial charge is 0.315 e. The predicted molar refractivity (Wildman–Crippen MR) is 61.5 cm³/mol. The van der Waals surface area contributed by atoms with Crippen LogP contribution in [-0.4, -0.2) is 27.2 Å². The van der Waals surface area contributed by atoms with Gasteiger partial charge in [0.05, 0.1) is 11.7 Å². The highest BCUT2D eigenvalue weighted by atomic mass is 16.4. The molecule has 0 aliphatic carbocycles. The molecule has 6 heteroatoms. The van der Waals surface area contributed by atoms with Gasteiger partial charge in [-0.25, -0.2) is 0 Å². The average Bonchev–Trinajstić information content (AvgIpc) is 2.74. The van der Waals surface area contributed by atoms with Crippen LogP contribution in [-0.2, 0) is 9.59 Å². The number of carboxylic acid groups (broad SMARTS) is 1. The average molecular weight is 233 g/mol. The number of carbonyl (C=O) groups is 2. The highest BCUT2D eigenvalue weighted by Gasteiger charge is 2.20. The third-order valence-corrected chi connectivity index (χ3v) is 2.47. The number of aliphatic carboxylic acids is 1. The number of nitrogens with one attached hydrogen (secondary N) is 2. The normalized spacial score (nSPS) is 12.3. The van der Waals surface area contributed by atoms with Gasteiger partial charge in [0.25, 0.3) is 0 Å². The van der Waals surface area contributed by atoms with E-state index in [-0.39, 0.29) is 0 Å². The zero-order valence-corrected chi connectivity index (χ0v) is 9.10. The summed E-state index contributed by atoms with van der Waals surface area (Å²) in [7, 11) is 0. The number of rotatable bonds is 3. The number of benzene rings is 1. The maximum absolute atomic E-state index is 11.5. The molecular weight excluding hydrogens is 222 g/mol. The molecule has 17 heavy (non-hydrogen) atoms. The fourth-order valence-electron chi connectivity index (χ4n) is 1.38. The standard InChI is InChI=1S/C11H11N3O3/c1-6(11(16)17)10(15)13-8-2-3-9-7(4-8)5-12-14-9/h2-6H,1H3,(H,12,14)(H,13,15)(H,16,17). The lowest BCUT2D eigenvalue weighted by Gasteiger charge is -2.08. The lowest BCUT2D eigenvalue weighted by Crippen LogP contribution is -2.26. The number of hydrogen-bond donors (Lipinski definition) is 3. The Labute approximate surface area is 96.6 Å². The van der Waals surface area contributed by atoms with Gasteiger partial charge in [-0.3, -0.25) is 14.7 Å². The molecule has 6 nitrogen and oxygen atoms in total. The first kappa shape index (κ1) is 11.1. The summed E-state index contributed by atoms with van der Waals surface area (Å²) in [4.78, 5) is 22.1. The van der Waals surface area contributed by atoms with Crippen molar-refractivity contribution < 1.29 is 14.7 Å². The predicted octanol–water partition coefficient (Wildman–Crippen LogP) is 1.22. The summed E-state index contributed by atoms with van der Waals surface area (Å²) in [6.07, 6.45) is 1.63. The number of carbonyl (C=O) groups excluding carboxylic acids is 1. The molecule has 0 saturated heterocycles. The van der Waals surface area contributed by atoms with E-state index in [0.717, 1.165) is 10.9 Å². The molecule has 2 rings (SSSR count). The van der Waals surface area contributed by atoms with Crippen molar-refractivity contribution in [2.75, 3.05) is 5.32 Å². The Morgan fingerprint density at radius 3 is 2.94 bits per heavy atom. The Hall–Kier alpha value is -2.37. The third kappa shape index (κ3) is 2.25. The topological polar surface area (TPSA) is 95.1 Å². The van der Waals surface area contributed by atoms with Crippen LogP contribution in [0.25, 0.3) is 10.9 Å². The molecule has 2 aromatic rings. The molecule has 1 heterocycles. The molecule has 0 radical (unpaired) electrons. The van der Waals surface area contributed by atoms with Gasteiger partial charge in [-0.1, -0.05) is 0 Å². The first-order chi connectivity index (χ1) is 8.08. The van der Waals surface area contributed by atoms with E-state index in [4.69, 9.17) is 5.11 Å². The summed E-state index contributed by atoms with van der Waals surface area (Å²) in [6.45, 7) is 1.34. The van der Waals surface area contributed by atoms with E-state index in [1.165, 1.54) is 6.92 Å². The van der Waals surface area contributed by atoms with E-state index in [9.17, 15) is 9.59 Å². The summed E-state index contributed by atoms with van der Waals surface area (Å²) in [5.41, 5.74) is 1.41. The molecule has 0 aliphatic rings. The van der Waals surface area contributed by atoms with Crippen LogP contribution in [0, 0.1) is 5.92 Å². The van der Waals surface area contributed by atoms with Crippen LogP contribution in [0.5, 0.6) is 0 Å². The highest BCUT2D eigenvalue weighted by Crippen LogP contribution is 2.17. The number of hydrogen-bond acceptors (Lipinski definition) is 3. The molecule has 0 saturated carbocycles. The Bertz CT molecular complexity index is 576. The van der Waals surface area contributed by atoms with E-state index < -0.39 is 17.8 Å². The summed E-state index contributed by atoms with van der Waals surface area (Å²) >= 11 is 0. The second kappa shape index (κ2) is 4.25. The van der Waals surface area contributed by atoms with Crippen molar-refractivity contribution in [1.82, 2.24) is 10.2 Å². The van der Waals surface area contributed by atoms with Crippen molar-refractivity contribution in [2.24, 2.45) is 5.92 Å². The molecule has 1 aromatic carbocycles. The van der Waals surface area contributed by atoms with Gasteiger partial charge in [-0.05, 0) is 25.1 Å². The van der Waals surface area contributed by atoms with E-state index in [1.807, 2.05) is 0 Å². The minimum atomic E-state index is -1.15. The molecule has 0 fully saturated rings. The fraction of sp³-hybridized carbons (Fsp3) is 0.182. The number of aromatic amines is 1.